The Morgan fingerprint density at radius 1 is 1.04 bits per heavy atom. The molecule has 2 saturated heterocycles. The molecule has 2 aliphatic rings. The van der Waals surface area contributed by atoms with Gasteiger partial charge in [0.2, 0.25) is 0 Å². The molecule has 2 N–H and O–H groups in total. The van der Waals surface area contributed by atoms with Crippen LogP contribution in [0.25, 0.3) is 0 Å². The van der Waals surface area contributed by atoms with Crippen LogP contribution in [0.2, 0.25) is 0 Å². The highest BCUT2D eigenvalue weighted by molar-refractivity contribution is 5.08. The lowest BCUT2D eigenvalue weighted by Gasteiger charge is -2.25. The zero-order valence-corrected chi connectivity index (χ0v) is 16.1. The van der Waals surface area contributed by atoms with Gasteiger partial charge in [0.15, 0.2) is 0 Å². The number of fused-ring (bicyclic) bond motifs is 2. The van der Waals surface area contributed by atoms with E-state index in [1.54, 1.807) is 0 Å². The van der Waals surface area contributed by atoms with Gasteiger partial charge in [-0.1, -0.05) is 63.8 Å². The van der Waals surface area contributed by atoms with Gasteiger partial charge in [0.1, 0.15) is 0 Å². The largest absolute Gasteiger partial charge is 0.393 e. The van der Waals surface area contributed by atoms with Gasteiger partial charge in [-0.25, -0.2) is 0 Å². The summed E-state index contributed by atoms with van der Waals surface area (Å²) in [6.45, 7) is 4.22. The molecule has 3 heteroatoms. The fraction of sp³-hybridized carbons (Fsp3) is 0.818. The van der Waals surface area contributed by atoms with Crippen molar-refractivity contribution < 1.29 is 14.9 Å². The van der Waals surface area contributed by atoms with Gasteiger partial charge >= 0.3 is 0 Å². The summed E-state index contributed by atoms with van der Waals surface area (Å²) in [5, 5.41) is 19.8. The Morgan fingerprint density at radius 2 is 1.84 bits per heavy atom. The molecule has 144 valence electrons. The molecular formula is C22H38O3. The molecule has 2 unspecified atom stereocenters. The Morgan fingerprint density at radius 3 is 2.60 bits per heavy atom. The summed E-state index contributed by atoms with van der Waals surface area (Å²) in [7, 11) is 0. The maximum atomic E-state index is 10.2. The first-order valence-corrected chi connectivity index (χ1v) is 10.5. The van der Waals surface area contributed by atoms with Gasteiger partial charge in [-0.3, -0.25) is 0 Å². The third kappa shape index (κ3) is 6.54. The topological polar surface area (TPSA) is 49.7 Å². The van der Waals surface area contributed by atoms with E-state index in [0.717, 1.165) is 38.5 Å². The van der Waals surface area contributed by atoms with Crippen molar-refractivity contribution in [3.63, 3.8) is 0 Å². The molecule has 2 fully saturated rings. The van der Waals surface area contributed by atoms with Gasteiger partial charge in [0.05, 0.1) is 24.4 Å². The van der Waals surface area contributed by atoms with Crippen molar-refractivity contribution >= 4 is 0 Å². The molecule has 25 heavy (non-hydrogen) atoms. The van der Waals surface area contributed by atoms with E-state index in [1.807, 2.05) is 13.0 Å². The van der Waals surface area contributed by atoms with Gasteiger partial charge in [-0.15, -0.1) is 0 Å². The first-order valence-electron chi connectivity index (χ1n) is 10.5. The Hall–Kier alpha value is -0.640. The summed E-state index contributed by atoms with van der Waals surface area (Å²) in [5.41, 5.74) is 0. The fourth-order valence-corrected chi connectivity index (χ4v) is 4.19. The smallest absolute Gasteiger partial charge is 0.0721 e. The lowest BCUT2D eigenvalue weighted by Crippen LogP contribution is -2.25. The van der Waals surface area contributed by atoms with Gasteiger partial charge in [-0.05, 0) is 44.4 Å². The van der Waals surface area contributed by atoms with E-state index >= 15 is 0 Å². The minimum absolute atomic E-state index is 0.217. The molecule has 2 heterocycles. The predicted molar refractivity (Wildman–Crippen MR) is 103 cm³/mol. The molecule has 2 aliphatic heterocycles. The van der Waals surface area contributed by atoms with E-state index in [0.29, 0.717) is 24.0 Å². The Kier molecular flexibility index (Phi) is 9.22. The Labute approximate surface area is 154 Å². The molecule has 0 aromatic heterocycles. The molecule has 0 aromatic carbocycles. The summed E-state index contributed by atoms with van der Waals surface area (Å²) in [5.74, 6) is 0.960. The fourth-order valence-electron chi connectivity index (χ4n) is 4.19. The Bertz CT molecular complexity index is 417. The molecule has 0 saturated carbocycles. The highest BCUT2D eigenvalue weighted by atomic mass is 16.5. The first kappa shape index (κ1) is 20.7. The van der Waals surface area contributed by atoms with Crippen LogP contribution < -0.4 is 0 Å². The molecule has 0 radical (unpaired) electrons. The molecule has 0 aromatic rings. The number of aliphatic hydroxyl groups excluding tert-OH is 2. The summed E-state index contributed by atoms with van der Waals surface area (Å²) in [6, 6.07) is 0. The van der Waals surface area contributed by atoms with Crippen molar-refractivity contribution in [2.45, 2.75) is 102 Å². The van der Waals surface area contributed by atoms with E-state index in [2.05, 4.69) is 25.2 Å². The molecule has 0 spiro atoms. The normalized spacial score (nSPS) is 31.4. The summed E-state index contributed by atoms with van der Waals surface area (Å²) < 4.78 is 6.13. The molecule has 6 atom stereocenters. The van der Waals surface area contributed by atoms with Crippen molar-refractivity contribution in [2.24, 2.45) is 11.8 Å². The van der Waals surface area contributed by atoms with Crippen LogP contribution in [0.4, 0.5) is 0 Å². The number of aliphatic hydroxyl groups is 2. The summed E-state index contributed by atoms with van der Waals surface area (Å²) >= 11 is 0. The van der Waals surface area contributed by atoms with Crippen LogP contribution in [0.3, 0.4) is 0 Å². The second kappa shape index (κ2) is 11.2. The van der Waals surface area contributed by atoms with Crippen LogP contribution in [0.5, 0.6) is 0 Å². The minimum atomic E-state index is -0.313. The Balaban J connectivity index is 1.79. The van der Waals surface area contributed by atoms with Gasteiger partial charge in [0.25, 0.3) is 0 Å². The van der Waals surface area contributed by atoms with Crippen molar-refractivity contribution in [2.75, 3.05) is 0 Å². The third-order valence-corrected chi connectivity index (χ3v) is 5.85. The third-order valence-electron chi connectivity index (χ3n) is 5.85. The van der Waals surface area contributed by atoms with Crippen molar-refractivity contribution in [1.82, 2.24) is 0 Å². The maximum absolute atomic E-state index is 10.2. The van der Waals surface area contributed by atoms with Crippen molar-refractivity contribution in [3.8, 4) is 0 Å². The molecule has 0 aliphatic carbocycles. The predicted octanol–water partition coefficient (Wildman–Crippen LogP) is 4.77. The number of rotatable bonds is 12. The van der Waals surface area contributed by atoms with Gasteiger partial charge in [0, 0.05) is 5.92 Å². The quantitative estimate of drug-likeness (QED) is 0.393. The van der Waals surface area contributed by atoms with Crippen LogP contribution in [0, 0.1) is 11.8 Å². The van der Waals surface area contributed by atoms with Crippen molar-refractivity contribution in [3.05, 3.63) is 24.3 Å². The average Bonchev–Trinajstić information content (AvgIpc) is 3.22. The van der Waals surface area contributed by atoms with E-state index in [9.17, 15) is 10.2 Å². The average molecular weight is 351 g/mol. The lowest BCUT2D eigenvalue weighted by atomic mass is 9.77. The second-order valence-corrected chi connectivity index (χ2v) is 7.84. The number of hydrogen-bond acceptors (Lipinski definition) is 3. The van der Waals surface area contributed by atoms with E-state index in [1.165, 1.54) is 25.7 Å². The molecule has 0 amide bonds. The molecule has 2 bridgehead atoms. The van der Waals surface area contributed by atoms with Gasteiger partial charge < -0.3 is 14.9 Å². The van der Waals surface area contributed by atoms with E-state index in [-0.39, 0.29) is 12.2 Å². The highest BCUT2D eigenvalue weighted by Crippen LogP contribution is 2.45. The maximum Gasteiger partial charge on any atom is 0.0721 e. The number of ether oxygens (including phenoxy) is 1. The first-order chi connectivity index (χ1) is 12.2. The van der Waals surface area contributed by atoms with Crippen molar-refractivity contribution in [1.29, 1.82) is 0 Å². The lowest BCUT2D eigenvalue weighted by molar-refractivity contribution is 0.0899. The summed E-state index contributed by atoms with van der Waals surface area (Å²) in [6.07, 6.45) is 19.4. The van der Waals surface area contributed by atoms with Crippen LogP contribution in [-0.4, -0.2) is 34.6 Å². The number of unbranched alkanes of at least 4 members (excludes halogenated alkanes) is 3. The van der Waals surface area contributed by atoms with Crippen LogP contribution in [0.15, 0.2) is 24.3 Å². The number of allylic oxidation sites excluding steroid dienone is 1. The minimum Gasteiger partial charge on any atom is -0.393 e. The van der Waals surface area contributed by atoms with Gasteiger partial charge in [-0.2, -0.15) is 0 Å². The zero-order valence-electron chi connectivity index (χ0n) is 16.1. The standard InChI is InChI=1S/C22H38O3/c1-3-5-6-7-11-18(24)13-14-20-19(21-15-16-22(20)25-21)12-9-8-10-17(23)4-2/h8-9,13-14,17-24H,3-7,10-12,15-16H2,1-2H3/b9-8-,14-13+/t17-,18?,19-,20?,21-,22+/m1/s1. The summed E-state index contributed by atoms with van der Waals surface area (Å²) in [4.78, 5) is 0. The SMILES string of the molecule is CCCCCCC(O)/C=C/C1[C@@H]2CC[C@@H](O2)[C@@H]1C/C=C\C[C@H](O)CC. The number of hydrogen-bond donors (Lipinski definition) is 2. The second-order valence-electron chi connectivity index (χ2n) is 7.84. The van der Waals surface area contributed by atoms with E-state index in [4.69, 9.17) is 4.74 Å². The van der Waals surface area contributed by atoms with Crippen LogP contribution in [0.1, 0.15) is 78.1 Å². The molecular weight excluding hydrogens is 312 g/mol. The monoisotopic (exact) mass is 350 g/mol. The molecule has 3 nitrogen and oxygen atoms in total. The molecule has 2 rings (SSSR count). The highest BCUT2D eigenvalue weighted by Gasteiger charge is 2.46. The van der Waals surface area contributed by atoms with E-state index < -0.39 is 0 Å². The zero-order chi connectivity index (χ0) is 18.1. The van der Waals surface area contributed by atoms with Crippen LogP contribution >= 0.6 is 0 Å². The van der Waals surface area contributed by atoms with Crippen LogP contribution in [-0.2, 0) is 4.74 Å².